The van der Waals surface area contributed by atoms with Gasteiger partial charge in [-0.2, -0.15) is 0 Å². The number of likely N-dealkylation sites (tertiary alicyclic amines) is 1. The molecule has 1 atom stereocenters. The molecule has 0 radical (unpaired) electrons. The van der Waals surface area contributed by atoms with E-state index >= 15 is 0 Å². The summed E-state index contributed by atoms with van der Waals surface area (Å²) in [6.45, 7) is 3.01. The van der Waals surface area contributed by atoms with Crippen LogP contribution in [0.4, 0.5) is 4.79 Å². The van der Waals surface area contributed by atoms with Crippen LogP contribution in [0.1, 0.15) is 31.4 Å². The third-order valence-corrected chi connectivity index (χ3v) is 4.47. The van der Waals surface area contributed by atoms with Gasteiger partial charge in [-0.1, -0.05) is 0 Å². The van der Waals surface area contributed by atoms with E-state index in [0.717, 1.165) is 11.8 Å². The van der Waals surface area contributed by atoms with Gasteiger partial charge in [0.1, 0.15) is 0 Å². The molecule has 1 unspecified atom stereocenters. The largest absolute Gasteiger partial charge is 0.331 e. The molecule has 1 aliphatic heterocycles. The number of amides is 2. The van der Waals surface area contributed by atoms with Crippen molar-refractivity contribution in [2.75, 3.05) is 19.3 Å². The normalized spacial score (nSPS) is 18.0. The Labute approximate surface area is 131 Å². The molecule has 0 bridgehead atoms. The van der Waals surface area contributed by atoms with Crippen molar-refractivity contribution in [1.82, 2.24) is 19.9 Å². The van der Waals surface area contributed by atoms with Gasteiger partial charge >= 0.3 is 6.03 Å². The molecule has 8 heteroatoms. The third kappa shape index (κ3) is 4.96. The fourth-order valence-corrected chi connectivity index (χ4v) is 3.36. The molecular weight excluding hydrogens is 304 g/mol. The van der Waals surface area contributed by atoms with Gasteiger partial charge in [-0.05, 0) is 37.5 Å². The minimum atomic E-state index is -3.19. The number of carbonyl (C=O) groups is 1. The number of pyridine rings is 1. The summed E-state index contributed by atoms with van der Waals surface area (Å²) in [5, 5.41) is 2.95. The fourth-order valence-electron chi connectivity index (χ4n) is 2.52. The molecule has 2 heterocycles. The van der Waals surface area contributed by atoms with Crippen LogP contribution in [0, 0.1) is 0 Å². The minimum Gasteiger partial charge on any atom is -0.331 e. The first kappa shape index (κ1) is 16.7. The van der Waals surface area contributed by atoms with Crippen LogP contribution in [-0.4, -0.2) is 49.7 Å². The minimum absolute atomic E-state index is 0.0864. The second kappa shape index (κ2) is 7.06. The Balaban J connectivity index is 1.83. The van der Waals surface area contributed by atoms with Crippen LogP contribution in [0.25, 0.3) is 0 Å². The number of carbonyl (C=O) groups excluding carboxylic acids is 1. The molecule has 0 saturated carbocycles. The van der Waals surface area contributed by atoms with Crippen LogP contribution >= 0.6 is 0 Å². The van der Waals surface area contributed by atoms with E-state index in [1.165, 1.54) is 0 Å². The van der Waals surface area contributed by atoms with E-state index in [9.17, 15) is 13.2 Å². The zero-order valence-corrected chi connectivity index (χ0v) is 13.6. The van der Waals surface area contributed by atoms with Crippen molar-refractivity contribution in [3.05, 3.63) is 30.1 Å². The summed E-state index contributed by atoms with van der Waals surface area (Å²) < 4.78 is 25.0. The van der Waals surface area contributed by atoms with Crippen LogP contribution < -0.4 is 10.0 Å². The van der Waals surface area contributed by atoms with Gasteiger partial charge in [0.2, 0.25) is 10.0 Å². The lowest BCUT2D eigenvalue weighted by Crippen LogP contribution is -2.49. The Bertz CT molecular complexity index is 598. The summed E-state index contributed by atoms with van der Waals surface area (Å²) >= 11 is 0. The maximum absolute atomic E-state index is 12.2. The average molecular weight is 326 g/mol. The number of piperidine rings is 1. The summed E-state index contributed by atoms with van der Waals surface area (Å²) in [5.41, 5.74) is 0.997. The predicted octanol–water partition coefficient (Wildman–Crippen LogP) is 0.866. The van der Waals surface area contributed by atoms with Crippen molar-refractivity contribution < 1.29 is 13.2 Å². The Morgan fingerprint density at radius 2 is 1.91 bits per heavy atom. The first-order chi connectivity index (χ1) is 10.3. The van der Waals surface area contributed by atoms with Crippen molar-refractivity contribution in [2.45, 2.75) is 31.8 Å². The summed E-state index contributed by atoms with van der Waals surface area (Å²) in [6, 6.07) is 3.43. The molecule has 1 aromatic rings. The Morgan fingerprint density at radius 3 is 2.45 bits per heavy atom. The van der Waals surface area contributed by atoms with Crippen LogP contribution in [0.5, 0.6) is 0 Å². The molecule has 0 aromatic carbocycles. The van der Waals surface area contributed by atoms with Gasteiger partial charge in [-0.3, -0.25) is 4.98 Å². The van der Waals surface area contributed by atoms with Crippen molar-refractivity contribution in [3.63, 3.8) is 0 Å². The second-order valence-electron chi connectivity index (χ2n) is 5.60. The highest BCUT2D eigenvalue weighted by molar-refractivity contribution is 7.88. The van der Waals surface area contributed by atoms with E-state index < -0.39 is 10.0 Å². The topological polar surface area (TPSA) is 91.4 Å². The number of hydrogen-bond acceptors (Lipinski definition) is 4. The number of aromatic nitrogens is 1. The molecule has 1 fully saturated rings. The van der Waals surface area contributed by atoms with E-state index in [4.69, 9.17) is 0 Å². The smallest absolute Gasteiger partial charge is 0.317 e. The SMILES string of the molecule is CC(NC(=O)N1CCC(NS(C)(=O)=O)CC1)c1ccncc1. The van der Waals surface area contributed by atoms with E-state index in [2.05, 4.69) is 15.0 Å². The van der Waals surface area contributed by atoms with Gasteiger partial charge < -0.3 is 10.2 Å². The maximum atomic E-state index is 12.2. The van der Waals surface area contributed by atoms with Gasteiger partial charge in [0.25, 0.3) is 0 Å². The molecule has 1 saturated heterocycles. The van der Waals surface area contributed by atoms with Gasteiger partial charge in [0.15, 0.2) is 0 Å². The summed E-state index contributed by atoms with van der Waals surface area (Å²) in [6.07, 6.45) is 5.80. The van der Waals surface area contributed by atoms with E-state index in [1.807, 2.05) is 19.1 Å². The molecule has 7 nitrogen and oxygen atoms in total. The number of sulfonamides is 1. The molecule has 0 aliphatic carbocycles. The number of rotatable bonds is 4. The highest BCUT2D eigenvalue weighted by Crippen LogP contribution is 2.14. The fraction of sp³-hybridized carbons (Fsp3) is 0.571. The van der Waals surface area contributed by atoms with Gasteiger partial charge in [0, 0.05) is 31.5 Å². The molecular formula is C14H22N4O3S. The van der Waals surface area contributed by atoms with Crippen LogP contribution in [0.15, 0.2) is 24.5 Å². The quantitative estimate of drug-likeness (QED) is 0.859. The lowest BCUT2D eigenvalue weighted by atomic mass is 10.1. The Kier molecular flexibility index (Phi) is 5.36. The van der Waals surface area contributed by atoms with E-state index in [1.54, 1.807) is 17.3 Å². The van der Waals surface area contributed by atoms with Crippen molar-refractivity contribution in [3.8, 4) is 0 Å². The highest BCUT2D eigenvalue weighted by atomic mass is 32.2. The molecule has 2 rings (SSSR count). The van der Waals surface area contributed by atoms with Gasteiger partial charge in [-0.25, -0.2) is 17.9 Å². The monoisotopic (exact) mass is 326 g/mol. The summed E-state index contributed by atoms with van der Waals surface area (Å²) in [4.78, 5) is 17.9. The molecule has 122 valence electrons. The lowest BCUT2D eigenvalue weighted by Gasteiger charge is -2.32. The Morgan fingerprint density at radius 1 is 1.32 bits per heavy atom. The highest BCUT2D eigenvalue weighted by Gasteiger charge is 2.25. The van der Waals surface area contributed by atoms with Crippen molar-refractivity contribution in [1.29, 1.82) is 0 Å². The molecule has 1 aliphatic rings. The number of hydrogen-bond donors (Lipinski definition) is 2. The molecule has 0 spiro atoms. The zero-order valence-electron chi connectivity index (χ0n) is 12.8. The molecule has 1 aromatic heterocycles. The molecule has 2 amide bonds. The number of nitrogens with zero attached hydrogens (tertiary/aromatic N) is 2. The second-order valence-corrected chi connectivity index (χ2v) is 7.38. The number of nitrogens with one attached hydrogen (secondary N) is 2. The first-order valence-corrected chi connectivity index (χ1v) is 9.17. The first-order valence-electron chi connectivity index (χ1n) is 7.28. The average Bonchev–Trinajstić information content (AvgIpc) is 2.47. The van der Waals surface area contributed by atoms with Crippen LogP contribution in [-0.2, 0) is 10.0 Å². The van der Waals surface area contributed by atoms with E-state index in [-0.39, 0.29) is 18.1 Å². The summed E-state index contributed by atoms with van der Waals surface area (Å²) in [5.74, 6) is 0. The third-order valence-electron chi connectivity index (χ3n) is 3.71. The predicted molar refractivity (Wildman–Crippen MR) is 83.8 cm³/mol. The van der Waals surface area contributed by atoms with Crippen LogP contribution in [0.3, 0.4) is 0 Å². The maximum Gasteiger partial charge on any atom is 0.317 e. The Hall–Kier alpha value is -1.67. The zero-order chi connectivity index (χ0) is 16.2. The molecule has 2 N–H and O–H groups in total. The van der Waals surface area contributed by atoms with E-state index in [0.29, 0.717) is 25.9 Å². The van der Waals surface area contributed by atoms with Crippen LogP contribution in [0.2, 0.25) is 0 Å². The van der Waals surface area contributed by atoms with Gasteiger partial charge in [-0.15, -0.1) is 0 Å². The van der Waals surface area contributed by atoms with Gasteiger partial charge in [0.05, 0.1) is 12.3 Å². The summed E-state index contributed by atoms with van der Waals surface area (Å²) in [7, 11) is -3.19. The standard InChI is InChI=1S/C14H22N4O3S/c1-11(12-3-7-15-8-4-12)16-14(19)18-9-5-13(6-10-18)17-22(2,20)21/h3-4,7-8,11,13,17H,5-6,9-10H2,1-2H3,(H,16,19). The van der Waals surface area contributed by atoms with Crippen molar-refractivity contribution in [2.24, 2.45) is 0 Å². The van der Waals surface area contributed by atoms with Crippen molar-refractivity contribution >= 4 is 16.1 Å². The molecule has 22 heavy (non-hydrogen) atoms. The number of urea groups is 1. The lowest BCUT2D eigenvalue weighted by molar-refractivity contribution is 0.177.